The van der Waals surface area contributed by atoms with Gasteiger partial charge in [0.1, 0.15) is 28.3 Å². The highest BCUT2D eigenvalue weighted by Gasteiger charge is 2.27. The molecule has 9 nitrogen and oxygen atoms in total. The number of ether oxygens (including phenoxy) is 1. The number of benzene rings is 2. The number of aliphatic imine (C=N–C) groups is 1. The van der Waals surface area contributed by atoms with Crippen molar-refractivity contribution in [3.05, 3.63) is 66.0 Å². The number of hydrogen-bond acceptors (Lipinski definition) is 9. The van der Waals surface area contributed by atoms with E-state index >= 15 is 0 Å². The van der Waals surface area contributed by atoms with Crippen LogP contribution < -0.4 is 14.5 Å². The lowest BCUT2D eigenvalue weighted by Crippen LogP contribution is -2.47. The highest BCUT2D eigenvalue weighted by Crippen LogP contribution is 2.36. The minimum absolute atomic E-state index is 0.604. The molecule has 0 unspecified atom stereocenters. The molecule has 4 heterocycles. The standard InChI is InChI=1S/C31H35BrN8O/c1-38(2)11-5-4-6-28-33-10-9-25(37-28)22-16-21-7-8-23(41-3)18-24(21)27(17-22)39-12-14-40(15-13-39)31-29-26(35-20-36-31)19-34-30(29)32/h7-10,16-18,20H,4-6,11-15,19H2,1-3H3. The number of rotatable bonds is 9. The van der Waals surface area contributed by atoms with Gasteiger partial charge in [-0.25, -0.2) is 19.9 Å². The number of fused-ring (bicyclic) bond motifs is 2. The van der Waals surface area contributed by atoms with Gasteiger partial charge in [0, 0.05) is 55.4 Å². The number of unbranched alkanes of at least 4 members (excludes halogenated alkanes) is 1. The quantitative estimate of drug-likeness (QED) is 0.245. The predicted molar refractivity (Wildman–Crippen MR) is 169 cm³/mol. The summed E-state index contributed by atoms with van der Waals surface area (Å²) in [5.74, 6) is 2.72. The van der Waals surface area contributed by atoms with Gasteiger partial charge in [-0.2, -0.15) is 0 Å². The van der Waals surface area contributed by atoms with Crippen LogP contribution in [0.25, 0.3) is 22.0 Å². The molecule has 0 spiro atoms. The summed E-state index contributed by atoms with van der Waals surface area (Å²) in [5, 5.41) is 2.35. The van der Waals surface area contributed by atoms with Crippen LogP contribution in [0.4, 0.5) is 11.5 Å². The Morgan fingerprint density at radius 1 is 0.951 bits per heavy atom. The number of methoxy groups -OCH3 is 1. The smallest absolute Gasteiger partial charge is 0.142 e. The largest absolute Gasteiger partial charge is 0.497 e. The van der Waals surface area contributed by atoms with Crippen LogP contribution in [0.1, 0.15) is 29.9 Å². The molecule has 212 valence electrons. The van der Waals surface area contributed by atoms with Gasteiger partial charge in [-0.1, -0.05) is 6.07 Å². The Hall–Kier alpha value is -3.63. The number of aromatic nitrogens is 4. The van der Waals surface area contributed by atoms with Gasteiger partial charge in [0.2, 0.25) is 0 Å². The van der Waals surface area contributed by atoms with Crippen molar-refractivity contribution < 1.29 is 4.74 Å². The summed E-state index contributed by atoms with van der Waals surface area (Å²) in [5.41, 5.74) is 5.26. The summed E-state index contributed by atoms with van der Waals surface area (Å²) in [6, 6.07) is 12.8. The third-order valence-corrected chi connectivity index (χ3v) is 8.44. The topological polar surface area (TPSA) is 82.9 Å². The first kappa shape index (κ1) is 27.5. The number of hydrogen-bond donors (Lipinski definition) is 0. The van der Waals surface area contributed by atoms with Crippen molar-refractivity contribution in [1.29, 1.82) is 0 Å². The molecule has 1 saturated heterocycles. The third-order valence-electron chi connectivity index (χ3n) is 7.80. The second kappa shape index (κ2) is 12.1. The average Bonchev–Trinajstić information content (AvgIpc) is 3.39. The molecule has 0 aliphatic carbocycles. The van der Waals surface area contributed by atoms with E-state index in [0.717, 1.165) is 96.5 Å². The van der Waals surface area contributed by atoms with Gasteiger partial charge < -0.3 is 19.4 Å². The van der Waals surface area contributed by atoms with Gasteiger partial charge in [-0.05, 0) is 85.1 Å². The van der Waals surface area contributed by atoms with Crippen LogP contribution in [-0.4, -0.2) is 83.4 Å². The molecule has 0 saturated carbocycles. The van der Waals surface area contributed by atoms with Gasteiger partial charge in [0.25, 0.3) is 0 Å². The fraction of sp³-hybridized carbons (Fsp3) is 0.387. The Morgan fingerprint density at radius 2 is 1.78 bits per heavy atom. The zero-order valence-corrected chi connectivity index (χ0v) is 25.4. The van der Waals surface area contributed by atoms with E-state index in [4.69, 9.17) is 9.72 Å². The summed E-state index contributed by atoms with van der Waals surface area (Å²) in [4.78, 5) is 30.2. The van der Waals surface area contributed by atoms with E-state index in [1.807, 2.05) is 18.3 Å². The summed E-state index contributed by atoms with van der Waals surface area (Å²) in [7, 11) is 5.94. The minimum atomic E-state index is 0.604. The highest BCUT2D eigenvalue weighted by molar-refractivity contribution is 9.18. The molecule has 2 aromatic carbocycles. The minimum Gasteiger partial charge on any atom is -0.497 e. The Labute approximate surface area is 249 Å². The van der Waals surface area contributed by atoms with Crippen LogP contribution in [0.15, 0.2) is 53.9 Å². The second-order valence-electron chi connectivity index (χ2n) is 10.8. The molecule has 2 aliphatic rings. The van der Waals surface area contributed by atoms with Crippen molar-refractivity contribution in [1.82, 2.24) is 24.8 Å². The number of halogens is 1. The molecule has 10 heteroatoms. The Balaban J connectivity index is 1.28. The monoisotopic (exact) mass is 614 g/mol. The number of anilines is 2. The van der Waals surface area contributed by atoms with Crippen molar-refractivity contribution >= 4 is 42.8 Å². The molecule has 0 atom stereocenters. The number of nitrogens with zero attached hydrogens (tertiary/aromatic N) is 8. The maximum atomic E-state index is 5.60. The summed E-state index contributed by atoms with van der Waals surface area (Å²) in [6.07, 6.45) is 6.64. The van der Waals surface area contributed by atoms with Crippen molar-refractivity contribution in [2.45, 2.75) is 25.8 Å². The third kappa shape index (κ3) is 5.90. The molecule has 6 rings (SSSR count). The lowest BCUT2D eigenvalue weighted by atomic mass is 10.0. The highest BCUT2D eigenvalue weighted by atomic mass is 79.9. The molecule has 0 bridgehead atoms. The van der Waals surface area contributed by atoms with Crippen LogP contribution in [0.2, 0.25) is 0 Å². The fourth-order valence-electron chi connectivity index (χ4n) is 5.61. The van der Waals surface area contributed by atoms with Crippen LogP contribution in [-0.2, 0) is 13.0 Å². The SMILES string of the molecule is COc1ccc2cc(-c3ccnc(CCCCN(C)C)n3)cc(N3CCN(c4ncnc5c4C(Br)=NC5)CC3)c2c1. The van der Waals surface area contributed by atoms with Crippen molar-refractivity contribution in [3.8, 4) is 17.0 Å². The van der Waals surface area contributed by atoms with Gasteiger partial charge in [-0.3, -0.25) is 4.99 Å². The molecular weight excluding hydrogens is 580 g/mol. The first-order chi connectivity index (χ1) is 20.0. The van der Waals surface area contributed by atoms with Crippen LogP contribution >= 0.6 is 15.9 Å². The van der Waals surface area contributed by atoms with E-state index in [1.165, 1.54) is 16.5 Å². The maximum Gasteiger partial charge on any atom is 0.142 e. The summed E-state index contributed by atoms with van der Waals surface area (Å²) >= 11 is 3.61. The molecule has 0 amide bonds. The van der Waals surface area contributed by atoms with Crippen molar-refractivity contribution in [2.24, 2.45) is 4.99 Å². The zero-order chi connectivity index (χ0) is 28.3. The summed E-state index contributed by atoms with van der Waals surface area (Å²) in [6.45, 7) is 5.12. The van der Waals surface area contributed by atoms with E-state index in [-0.39, 0.29) is 0 Å². The van der Waals surface area contributed by atoms with Gasteiger partial charge in [0.05, 0.1) is 30.6 Å². The lowest BCUT2D eigenvalue weighted by Gasteiger charge is -2.38. The van der Waals surface area contributed by atoms with Gasteiger partial charge in [-0.15, -0.1) is 0 Å². The molecule has 1 fully saturated rings. The molecule has 41 heavy (non-hydrogen) atoms. The maximum absolute atomic E-state index is 5.60. The van der Waals surface area contributed by atoms with E-state index in [2.05, 4.69) is 88.9 Å². The molecule has 4 aromatic rings. The Kier molecular flexibility index (Phi) is 8.11. The van der Waals surface area contributed by atoms with Gasteiger partial charge >= 0.3 is 0 Å². The Morgan fingerprint density at radius 3 is 2.59 bits per heavy atom. The molecular formula is C31H35BrN8O. The van der Waals surface area contributed by atoms with Crippen LogP contribution in [0.3, 0.4) is 0 Å². The lowest BCUT2D eigenvalue weighted by molar-refractivity contribution is 0.393. The summed E-state index contributed by atoms with van der Waals surface area (Å²) < 4.78 is 6.45. The second-order valence-corrected chi connectivity index (χ2v) is 11.6. The first-order valence-electron chi connectivity index (χ1n) is 14.1. The van der Waals surface area contributed by atoms with Crippen LogP contribution in [0, 0.1) is 0 Å². The molecule has 2 aromatic heterocycles. The molecule has 0 N–H and O–H groups in total. The Bertz CT molecular complexity index is 1580. The molecule has 2 aliphatic heterocycles. The van der Waals surface area contributed by atoms with E-state index in [1.54, 1.807) is 13.4 Å². The van der Waals surface area contributed by atoms with Crippen molar-refractivity contribution in [2.75, 3.05) is 63.7 Å². The van der Waals surface area contributed by atoms with Gasteiger partial charge in [0.15, 0.2) is 0 Å². The number of aryl methyl sites for hydroxylation is 1. The van der Waals surface area contributed by atoms with Crippen molar-refractivity contribution in [3.63, 3.8) is 0 Å². The number of piperazine rings is 1. The fourth-order valence-corrected chi connectivity index (χ4v) is 6.14. The molecule has 0 radical (unpaired) electrons. The first-order valence-corrected chi connectivity index (χ1v) is 14.9. The van der Waals surface area contributed by atoms with E-state index in [0.29, 0.717) is 6.54 Å². The zero-order valence-electron chi connectivity index (χ0n) is 23.8. The van der Waals surface area contributed by atoms with E-state index < -0.39 is 0 Å². The normalized spacial score (nSPS) is 15.0. The van der Waals surface area contributed by atoms with Crippen LogP contribution in [0.5, 0.6) is 5.75 Å². The average molecular weight is 616 g/mol. The van der Waals surface area contributed by atoms with E-state index in [9.17, 15) is 0 Å². The predicted octanol–water partition coefficient (Wildman–Crippen LogP) is 4.96.